The lowest BCUT2D eigenvalue weighted by Gasteiger charge is -2.20. The predicted octanol–water partition coefficient (Wildman–Crippen LogP) is 5.05. The number of alkyl halides is 2. The van der Waals surface area contributed by atoms with E-state index in [1.54, 1.807) is 38.5 Å². The zero-order valence-electron chi connectivity index (χ0n) is 18.9. The van der Waals surface area contributed by atoms with E-state index >= 15 is 0 Å². The molecule has 0 saturated heterocycles. The van der Waals surface area contributed by atoms with Crippen LogP contribution in [0.1, 0.15) is 41.6 Å². The van der Waals surface area contributed by atoms with Gasteiger partial charge in [0, 0.05) is 29.7 Å². The molecule has 10 heteroatoms. The van der Waals surface area contributed by atoms with Crippen molar-refractivity contribution in [2.75, 3.05) is 12.4 Å². The van der Waals surface area contributed by atoms with Gasteiger partial charge in [-0.25, -0.2) is 13.2 Å². The number of pyridine rings is 2. The fraction of sp³-hybridized carbons (Fsp3) is 0.250. The SMILES string of the molecule is COc1nc(N[C@H](C)c2cccc(C(F)F)c2F)c2cn(-c3ccncc3C)c(=O)c(C)c2n1. The molecule has 4 aromatic rings. The van der Waals surface area contributed by atoms with Crippen LogP contribution in [-0.4, -0.2) is 26.6 Å². The third kappa shape index (κ3) is 4.07. The molecule has 0 aliphatic carbocycles. The van der Waals surface area contributed by atoms with E-state index in [1.165, 1.54) is 23.8 Å². The number of nitrogens with one attached hydrogen (secondary N) is 1. The summed E-state index contributed by atoms with van der Waals surface area (Å²) in [4.78, 5) is 25.9. The van der Waals surface area contributed by atoms with Gasteiger partial charge in [0.05, 0.1) is 35.3 Å². The Morgan fingerprint density at radius 2 is 1.85 bits per heavy atom. The molecular formula is C24H22F3N5O2. The van der Waals surface area contributed by atoms with E-state index in [-0.39, 0.29) is 23.0 Å². The normalized spacial score (nSPS) is 12.2. The Labute approximate surface area is 193 Å². The maximum atomic E-state index is 14.8. The lowest BCUT2D eigenvalue weighted by atomic mass is 10.0. The summed E-state index contributed by atoms with van der Waals surface area (Å²) < 4.78 is 47.8. The highest BCUT2D eigenvalue weighted by molar-refractivity contribution is 5.91. The molecule has 0 amide bonds. The van der Waals surface area contributed by atoms with Crippen LogP contribution in [0, 0.1) is 19.7 Å². The highest BCUT2D eigenvalue weighted by atomic mass is 19.3. The van der Waals surface area contributed by atoms with Crippen molar-refractivity contribution >= 4 is 16.7 Å². The second-order valence-corrected chi connectivity index (χ2v) is 7.83. The molecule has 1 atom stereocenters. The second-order valence-electron chi connectivity index (χ2n) is 7.83. The number of fused-ring (bicyclic) bond motifs is 1. The smallest absolute Gasteiger partial charge is 0.318 e. The first-order valence-electron chi connectivity index (χ1n) is 10.4. The summed E-state index contributed by atoms with van der Waals surface area (Å²) in [7, 11) is 1.39. The number of methoxy groups -OCH3 is 1. The maximum Gasteiger partial charge on any atom is 0.318 e. The van der Waals surface area contributed by atoms with Crippen molar-refractivity contribution < 1.29 is 17.9 Å². The number of anilines is 1. The molecule has 0 aliphatic heterocycles. The Hall–Kier alpha value is -3.95. The van der Waals surface area contributed by atoms with Crippen LogP contribution in [0.25, 0.3) is 16.6 Å². The van der Waals surface area contributed by atoms with E-state index in [0.717, 1.165) is 11.6 Å². The lowest BCUT2D eigenvalue weighted by Crippen LogP contribution is -2.22. The zero-order valence-corrected chi connectivity index (χ0v) is 18.9. The van der Waals surface area contributed by atoms with Crippen molar-refractivity contribution in [3.8, 4) is 11.7 Å². The number of hydrogen-bond acceptors (Lipinski definition) is 6. The van der Waals surface area contributed by atoms with Gasteiger partial charge in [0.1, 0.15) is 11.6 Å². The van der Waals surface area contributed by atoms with Gasteiger partial charge < -0.3 is 10.1 Å². The van der Waals surface area contributed by atoms with Crippen LogP contribution in [0.15, 0.2) is 47.7 Å². The van der Waals surface area contributed by atoms with Crippen LogP contribution < -0.4 is 15.6 Å². The van der Waals surface area contributed by atoms with Gasteiger partial charge in [-0.1, -0.05) is 18.2 Å². The van der Waals surface area contributed by atoms with Crippen LogP contribution in [0.2, 0.25) is 0 Å². The third-order valence-electron chi connectivity index (χ3n) is 5.62. The fourth-order valence-corrected chi connectivity index (χ4v) is 3.80. The van der Waals surface area contributed by atoms with Gasteiger partial charge in [0.15, 0.2) is 0 Å². The summed E-state index contributed by atoms with van der Waals surface area (Å²) in [5.41, 5.74) is 1.24. The van der Waals surface area contributed by atoms with E-state index in [0.29, 0.717) is 22.2 Å². The monoisotopic (exact) mass is 469 g/mol. The van der Waals surface area contributed by atoms with Crippen molar-refractivity contribution in [2.24, 2.45) is 0 Å². The van der Waals surface area contributed by atoms with Gasteiger partial charge in [0.2, 0.25) is 0 Å². The number of aryl methyl sites for hydroxylation is 2. The molecule has 0 bridgehead atoms. The Morgan fingerprint density at radius 1 is 1.12 bits per heavy atom. The van der Waals surface area contributed by atoms with Crippen LogP contribution >= 0.6 is 0 Å². The van der Waals surface area contributed by atoms with Gasteiger partial charge in [-0.3, -0.25) is 14.3 Å². The molecule has 0 aliphatic rings. The molecule has 3 aromatic heterocycles. The molecule has 176 valence electrons. The van der Waals surface area contributed by atoms with Gasteiger partial charge in [-0.15, -0.1) is 0 Å². The van der Waals surface area contributed by atoms with E-state index in [2.05, 4.69) is 20.3 Å². The average Bonchev–Trinajstić information content (AvgIpc) is 2.81. The minimum atomic E-state index is -2.94. The molecule has 7 nitrogen and oxygen atoms in total. The number of nitrogens with zero attached hydrogens (tertiary/aromatic N) is 4. The molecule has 4 rings (SSSR count). The highest BCUT2D eigenvalue weighted by Gasteiger charge is 2.22. The summed E-state index contributed by atoms with van der Waals surface area (Å²) in [5, 5.41) is 3.56. The average molecular weight is 469 g/mol. The summed E-state index contributed by atoms with van der Waals surface area (Å²) in [6, 6.07) is 4.85. The van der Waals surface area contributed by atoms with Gasteiger partial charge in [-0.05, 0) is 32.4 Å². The Balaban J connectivity index is 1.90. The van der Waals surface area contributed by atoms with Crippen molar-refractivity contribution in [1.29, 1.82) is 0 Å². The number of rotatable bonds is 6. The van der Waals surface area contributed by atoms with Crippen LogP contribution in [-0.2, 0) is 0 Å². The Morgan fingerprint density at radius 3 is 2.53 bits per heavy atom. The molecule has 0 spiro atoms. The second kappa shape index (κ2) is 9.12. The summed E-state index contributed by atoms with van der Waals surface area (Å²) in [6.45, 7) is 5.10. The highest BCUT2D eigenvalue weighted by Crippen LogP contribution is 2.31. The minimum Gasteiger partial charge on any atom is -0.467 e. The van der Waals surface area contributed by atoms with E-state index < -0.39 is 23.8 Å². The number of aromatic nitrogens is 4. The van der Waals surface area contributed by atoms with E-state index in [4.69, 9.17) is 4.74 Å². The first-order chi connectivity index (χ1) is 16.2. The van der Waals surface area contributed by atoms with Gasteiger partial charge >= 0.3 is 6.01 Å². The quantitative estimate of drug-likeness (QED) is 0.426. The van der Waals surface area contributed by atoms with Crippen molar-refractivity contribution in [3.63, 3.8) is 0 Å². The molecule has 0 unspecified atom stereocenters. The molecule has 1 N–H and O–H groups in total. The third-order valence-corrected chi connectivity index (χ3v) is 5.62. The molecule has 0 saturated carbocycles. The minimum absolute atomic E-state index is 0.00402. The predicted molar refractivity (Wildman–Crippen MR) is 122 cm³/mol. The molecule has 0 fully saturated rings. The van der Waals surface area contributed by atoms with Crippen LogP contribution in [0.3, 0.4) is 0 Å². The lowest BCUT2D eigenvalue weighted by molar-refractivity contribution is 0.146. The van der Waals surface area contributed by atoms with Crippen LogP contribution in [0.5, 0.6) is 6.01 Å². The Bertz CT molecular complexity index is 1440. The van der Waals surface area contributed by atoms with Crippen LogP contribution in [0.4, 0.5) is 19.0 Å². The molecule has 0 radical (unpaired) electrons. The molecule has 3 heterocycles. The van der Waals surface area contributed by atoms with Crippen molar-refractivity contribution in [1.82, 2.24) is 19.5 Å². The number of ether oxygens (including phenoxy) is 1. The standard InChI is InChI=1S/C24H22F3N5O2/c1-12-10-28-9-8-18(12)32-11-17-20(13(2)23(32)33)30-24(34-4)31-22(17)29-14(3)15-6-5-7-16(19(15)25)21(26)27/h5-11,14,21H,1-4H3,(H,29,30,31)/t14-/m1/s1. The van der Waals surface area contributed by atoms with E-state index in [9.17, 15) is 18.0 Å². The number of halogens is 3. The van der Waals surface area contributed by atoms with Gasteiger partial charge in [-0.2, -0.15) is 9.97 Å². The maximum absolute atomic E-state index is 14.8. The van der Waals surface area contributed by atoms with Crippen molar-refractivity contribution in [3.05, 3.63) is 81.3 Å². The molecule has 34 heavy (non-hydrogen) atoms. The summed E-state index contributed by atoms with van der Waals surface area (Å²) in [6.07, 6.45) is 1.88. The molecule has 1 aromatic carbocycles. The number of benzene rings is 1. The zero-order chi connectivity index (χ0) is 24.6. The van der Waals surface area contributed by atoms with Crippen molar-refractivity contribution in [2.45, 2.75) is 33.2 Å². The van der Waals surface area contributed by atoms with E-state index in [1.807, 2.05) is 6.92 Å². The Kier molecular flexibility index (Phi) is 6.23. The fourth-order valence-electron chi connectivity index (χ4n) is 3.80. The van der Waals surface area contributed by atoms with Gasteiger partial charge in [0.25, 0.3) is 12.0 Å². The first kappa shape index (κ1) is 23.2. The summed E-state index contributed by atoms with van der Waals surface area (Å²) >= 11 is 0. The topological polar surface area (TPSA) is 81.9 Å². The number of hydrogen-bond donors (Lipinski definition) is 1. The molecular weight excluding hydrogens is 447 g/mol. The first-order valence-corrected chi connectivity index (χ1v) is 10.4. The summed E-state index contributed by atoms with van der Waals surface area (Å²) in [5.74, 6) is -0.719. The largest absolute Gasteiger partial charge is 0.467 e.